The minimum Gasteiger partial charge on any atom is -0.370 e. The smallest absolute Gasteiger partial charge is 0.132 e. The number of halogens is 1. The first-order chi connectivity index (χ1) is 9.72. The molecule has 0 radical (unpaired) electrons. The highest BCUT2D eigenvalue weighted by Crippen LogP contribution is 2.24. The van der Waals surface area contributed by atoms with Gasteiger partial charge in [-0.15, -0.1) is 0 Å². The van der Waals surface area contributed by atoms with Crippen molar-refractivity contribution in [3.63, 3.8) is 0 Å². The molecule has 20 heavy (non-hydrogen) atoms. The minimum atomic E-state index is 0.864. The van der Waals surface area contributed by atoms with Crippen molar-refractivity contribution in [2.75, 3.05) is 17.2 Å². The molecule has 0 spiro atoms. The lowest BCUT2D eigenvalue weighted by Gasteiger charge is -2.12. The molecule has 0 aliphatic rings. The monoisotopic (exact) mass is 333 g/mol. The molecule has 0 unspecified atom stereocenters. The maximum atomic E-state index is 4.57. The van der Waals surface area contributed by atoms with E-state index in [-0.39, 0.29) is 0 Å². The summed E-state index contributed by atoms with van der Waals surface area (Å²) >= 11 is 3.51. The van der Waals surface area contributed by atoms with Crippen molar-refractivity contribution < 1.29 is 0 Å². The van der Waals surface area contributed by atoms with Gasteiger partial charge in [-0.2, -0.15) is 0 Å². The lowest BCUT2D eigenvalue weighted by atomic mass is 10.1. The van der Waals surface area contributed by atoms with Crippen LogP contribution in [0, 0.1) is 0 Å². The fourth-order valence-electron chi connectivity index (χ4n) is 1.97. The average molecular weight is 334 g/mol. The Morgan fingerprint density at radius 2 is 1.90 bits per heavy atom. The molecule has 2 rings (SSSR count). The fraction of sp³-hybridized carbons (Fsp3) is 0.312. The Balaban J connectivity index is 2.17. The predicted octanol–water partition coefficient (Wildman–Crippen LogP) is 4.97. The number of anilines is 3. The topological polar surface area (TPSA) is 37.0 Å². The summed E-state index contributed by atoms with van der Waals surface area (Å²) in [4.78, 5) is 4.57. The summed E-state index contributed by atoms with van der Waals surface area (Å²) in [5, 5.41) is 6.70. The maximum absolute atomic E-state index is 4.57. The molecule has 106 valence electrons. The van der Waals surface area contributed by atoms with Crippen molar-refractivity contribution in [2.45, 2.75) is 26.7 Å². The minimum absolute atomic E-state index is 0.864. The summed E-state index contributed by atoms with van der Waals surface area (Å²) in [5.74, 6) is 1.77. The molecule has 1 aromatic carbocycles. The second kappa shape index (κ2) is 7.29. The molecule has 0 atom stereocenters. The maximum Gasteiger partial charge on any atom is 0.132 e. The molecule has 2 aromatic rings. The number of nitrogens with zero attached hydrogens (tertiary/aromatic N) is 1. The molecule has 0 bridgehead atoms. The molecule has 3 nitrogen and oxygen atoms in total. The predicted molar refractivity (Wildman–Crippen MR) is 89.8 cm³/mol. The summed E-state index contributed by atoms with van der Waals surface area (Å²) in [5.41, 5.74) is 2.38. The van der Waals surface area contributed by atoms with E-state index in [0.717, 1.165) is 41.2 Å². The molecular weight excluding hydrogens is 314 g/mol. The molecule has 0 fully saturated rings. The fourth-order valence-corrected chi connectivity index (χ4v) is 2.38. The molecule has 0 saturated carbocycles. The third-order valence-corrected chi connectivity index (χ3v) is 3.51. The van der Waals surface area contributed by atoms with Gasteiger partial charge in [0.15, 0.2) is 0 Å². The molecule has 1 heterocycles. The van der Waals surface area contributed by atoms with E-state index in [9.17, 15) is 0 Å². The number of aromatic nitrogens is 1. The van der Waals surface area contributed by atoms with Gasteiger partial charge < -0.3 is 10.6 Å². The van der Waals surface area contributed by atoms with E-state index in [1.54, 1.807) is 0 Å². The van der Waals surface area contributed by atoms with Crippen LogP contribution in [-0.4, -0.2) is 11.5 Å². The van der Waals surface area contributed by atoms with E-state index in [0.29, 0.717) is 0 Å². The molecule has 0 amide bonds. The number of pyridine rings is 1. The lowest BCUT2D eigenvalue weighted by molar-refractivity contribution is 0.970. The van der Waals surface area contributed by atoms with E-state index in [4.69, 9.17) is 0 Å². The third-order valence-electron chi connectivity index (χ3n) is 3.02. The van der Waals surface area contributed by atoms with Gasteiger partial charge in [0, 0.05) is 16.7 Å². The quantitative estimate of drug-likeness (QED) is 0.783. The number of hydrogen-bond acceptors (Lipinski definition) is 3. The molecule has 2 N–H and O–H groups in total. The molecule has 0 aliphatic carbocycles. The van der Waals surface area contributed by atoms with Gasteiger partial charge in [-0.25, -0.2) is 4.98 Å². The van der Waals surface area contributed by atoms with Crippen LogP contribution in [0.5, 0.6) is 0 Å². The highest BCUT2D eigenvalue weighted by Gasteiger charge is 2.03. The van der Waals surface area contributed by atoms with Crippen LogP contribution in [0.1, 0.15) is 25.8 Å². The van der Waals surface area contributed by atoms with Crippen LogP contribution in [0.2, 0.25) is 0 Å². The summed E-state index contributed by atoms with van der Waals surface area (Å²) in [6.07, 6.45) is 2.07. The second-order valence-electron chi connectivity index (χ2n) is 4.61. The third kappa shape index (κ3) is 3.97. The van der Waals surface area contributed by atoms with Crippen LogP contribution in [0.15, 0.2) is 40.9 Å². The van der Waals surface area contributed by atoms with Crippen LogP contribution in [-0.2, 0) is 6.42 Å². The van der Waals surface area contributed by atoms with Gasteiger partial charge in [-0.3, -0.25) is 0 Å². The zero-order valence-electron chi connectivity index (χ0n) is 11.9. The second-order valence-corrected chi connectivity index (χ2v) is 5.53. The van der Waals surface area contributed by atoms with E-state index in [1.165, 1.54) is 5.56 Å². The number of aryl methyl sites for hydroxylation is 1. The van der Waals surface area contributed by atoms with E-state index >= 15 is 0 Å². The number of hydrogen-bond donors (Lipinski definition) is 2. The molecule has 4 heteroatoms. The van der Waals surface area contributed by atoms with Crippen LogP contribution in [0.25, 0.3) is 0 Å². The summed E-state index contributed by atoms with van der Waals surface area (Å²) in [7, 11) is 0. The Hall–Kier alpha value is -1.55. The van der Waals surface area contributed by atoms with Gasteiger partial charge in [0.25, 0.3) is 0 Å². The van der Waals surface area contributed by atoms with E-state index < -0.39 is 0 Å². The Morgan fingerprint density at radius 1 is 1.10 bits per heavy atom. The van der Waals surface area contributed by atoms with Crippen molar-refractivity contribution in [3.05, 3.63) is 46.4 Å². The van der Waals surface area contributed by atoms with Crippen LogP contribution >= 0.6 is 15.9 Å². The largest absolute Gasteiger partial charge is 0.370 e. The van der Waals surface area contributed by atoms with Gasteiger partial charge in [0.1, 0.15) is 11.6 Å². The Bertz CT molecular complexity index is 569. The van der Waals surface area contributed by atoms with Crippen LogP contribution < -0.4 is 10.6 Å². The Morgan fingerprint density at radius 3 is 2.65 bits per heavy atom. The Kier molecular flexibility index (Phi) is 5.41. The number of benzene rings is 1. The zero-order valence-corrected chi connectivity index (χ0v) is 13.5. The van der Waals surface area contributed by atoms with Crippen molar-refractivity contribution in [2.24, 2.45) is 0 Å². The van der Waals surface area contributed by atoms with Crippen LogP contribution in [0.3, 0.4) is 0 Å². The summed E-state index contributed by atoms with van der Waals surface area (Å²) in [6.45, 7) is 5.24. The Labute approximate surface area is 129 Å². The van der Waals surface area contributed by atoms with Gasteiger partial charge in [0.2, 0.25) is 0 Å². The first-order valence-electron chi connectivity index (χ1n) is 6.99. The SMILES string of the molecule is CCCNc1cccc(Nc2ccc(Br)cc2CC)n1. The van der Waals surface area contributed by atoms with Crippen molar-refractivity contribution in [3.8, 4) is 0 Å². The van der Waals surface area contributed by atoms with E-state index in [1.807, 2.05) is 24.3 Å². The van der Waals surface area contributed by atoms with E-state index in [2.05, 4.69) is 57.5 Å². The molecule has 0 aliphatic heterocycles. The highest BCUT2D eigenvalue weighted by atomic mass is 79.9. The first-order valence-corrected chi connectivity index (χ1v) is 7.78. The van der Waals surface area contributed by atoms with Crippen LogP contribution in [0.4, 0.5) is 17.3 Å². The van der Waals surface area contributed by atoms with Crippen molar-refractivity contribution in [1.82, 2.24) is 4.98 Å². The molecule has 1 aromatic heterocycles. The average Bonchev–Trinajstić information content (AvgIpc) is 2.47. The van der Waals surface area contributed by atoms with Crippen molar-refractivity contribution in [1.29, 1.82) is 0 Å². The summed E-state index contributed by atoms with van der Waals surface area (Å²) < 4.78 is 1.10. The summed E-state index contributed by atoms with van der Waals surface area (Å²) in [6, 6.07) is 12.2. The van der Waals surface area contributed by atoms with Crippen molar-refractivity contribution >= 4 is 33.3 Å². The molecule has 0 saturated heterocycles. The zero-order chi connectivity index (χ0) is 14.4. The van der Waals surface area contributed by atoms with Gasteiger partial charge >= 0.3 is 0 Å². The van der Waals surface area contributed by atoms with Gasteiger partial charge in [-0.1, -0.05) is 35.8 Å². The number of rotatable bonds is 6. The standard InChI is InChI=1S/C16H20BrN3/c1-3-10-18-15-6-5-7-16(20-15)19-14-9-8-13(17)11-12(14)4-2/h5-9,11H,3-4,10H2,1-2H3,(H2,18,19,20). The number of nitrogens with one attached hydrogen (secondary N) is 2. The normalized spacial score (nSPS) is 10.3. The van der Waals surface area contributed by atoms with Gasteiger partial charge in [0.05, 0.1) is 0 Å². The van der Waals surface area contributed by atoms with Gasteiger partial charge in [-0.05, 0) is 48.7 Å². The lowest BCUT2D eigenvalue weighted by Crippen LogP contribution is -2.03. The highest BCUT2D eigenvalue weighted by molar-refractivity contribution is 9.10. The first kappa shape index (κ1) is 14.9. The molecular formula is C16H20BrN3.